The molecule has 1 fully saturated rings. The number of hydrogen-bond donors (Lipinski definition) is 2. The lowest BCUT2D eigenvalue weighted by Crippen LogP contribution is -2.34. The first kappa shape index (κ1) is 14.4. The number of carbonyl (C=O) groups is 1. The van der Waals surface area contributed by atoms with Gasteiger partial charge in [0, 0.05) is 17.4 Å². The topological polar surface area (TPSA) is 80.9 Å². The van der Waals surface area contributed by atoms with E-state index in [0.717, 1.165) is 30.7 Å². The number of nitrogens with zero attached hydrogens (tertiary/aromatic N) is 2. The van der Waals surface area contributed by atoms with Gasteiger partial charge in [0.1, 0.15) is 5.01 Å². The number of hydrogen-bond acceptors (Lipinski definition) is 5. The van der Waals surface area contributed by atoms with Crippen LogP contribution < -0.4 is 11.1 Å². The van der Waals surface area contributed by atoms with Gasteiger partial charge >= 0.3 is 0 Å². The van der Waals surface area contributed by atoms with Crippen LogP contribution in [-0.2, 0) is 10.2 Å². The average molecular weight is 282 g/mol. The van der Waals surface area contributed by atoms with Gasteiger partial charge in [0.25, 0.3) is 0 Å². The quantitative estimate of drug-likeness (QED) is 0.872. The third-order valence-electron chi connectivity index (χ3n) is 3.38. The Kier molecular flexibility index (Phi) is 4.20. The Balaban J connectivity index is 1.97. The fourth-order valence-electron chi connectivity index (χ4n) is 2.25. The highest BCUT2D eigenvalue weighted by molar-refractivity contribution is 7.15. The molecule has 19 heavy (non-hydrogen) atoms. The smallest absolute Gasteiger partial charge is 0.229 e. The summed E-state index contributed by atoms with van der Waals surface area (Å²) in [6.07, 6.45) is 3.75. The molecule has 1 saturated carbocycles. The summed E-state index contributed by atoms with van der Waals surface area (Å²) in [4.78, 5) is 12.1. The Morgan fingerprint density at radius 2 is 2.11 bits per heavy atom. The highest BCUT2D eigenvalue weighted by Gasteiger charge is 2.26. The predicted molar refractivity (Wildman–Crippen MR) is 77.2 cm³/mol. The molecule has 2 rings (SSSR count). The average Bonchev–Trinajstić information content (AvgIpc) is 2.77. The number of nitrogens with one attached hydrogen (secondary N) is 1. The summed E-state index contributed by atoms with van der Waals surface area (Å²) in [5, 5.41) is 12.6. The van der Waals surface area contributed by atoms with Crippen molar-refractivity contribution in [3.63, 3.8) is 0 Å². The molecular formula is C13H22N4OS. The summed E-state index contributed by atoms with van der Waals surface area (Å²) < 4.78 is 0. The van der Waals surface area contributed by atoms with E-state index in [2.05, 4.69) is 36.3 Å². The van der Waals surface area contributed by atoms with E-state index in [9.17, 15) is 4.79 Å². The van der Waals surface area contributed by atoms with E-state index in [0.29, 0.717) is 5.13 Å². The molecule has 2 atom stereocenters. The second-order valence-electron chi connectivity index (χ2n) is 6.28. The number of anilines is 1. The Labute approximate surface area is 118 Å². The molecule has 1 aromatic rings. The lowest BCUT2D eigenvalue weighted by molar-refractivity contribution is -0.120. The fraction of sp³-hybridized carbons (Fsp3) is 0.769. The third kappa shape index (κ3) is 3.73. The van der Waals surface area contributed by atoms with Crippen LogP contribution in [0.1, 0.15) is 51.5 Å². The normalized spacial score (nSPS) is 24.2. The summed E-state index contributed by atoms with van der Waals surface area (Å²) in [7, 11) is 0. The second kappa shape index (κ2) is 5.54. The molecule has 1 aromatic heterocycles. The van der Waals surface area contributed by atoms with E-state index < -0.39 is 0 Å². The maximum Gasteiger partial charge on any atom is 0.229 e. The van der Waals surface area contributed by atoms with E-state index in [1.807, 2.05) is 0 Å². The molecule has 0 aromatic carbocycles. The van der Waals surface area contributed by atoms with Crippen LogP contribution in [0.4, 0.5) is 5.13 Å². The molecule has 0 aliphatic heterocycles. The number of amides is 1. The van der Waals surface area contributed by atoms with Crippen LogP contribution in [0.15, 0.2) is 0 Å². The Hall–Kier alpha value is -1.01. The van der Waals surface area contributed by atoms with Gasteiger partial charge in [0.05, 0.1) is 0 Å². The maximum absolute atomic E-state index is 12.1. The van der Waals surface area contributed by atoms with Gasteiger partial charge in [-0.1, -0.05) is 38.5 Å². The third-order valence-corrected chi connectivity index (χ3v) is 4.65. The minimum Gasteiger partial charge on any atom is -0.328 e. The molecule has 1 aliphatic carbocycles. The summed E-state index contributed by atoms with van der Waals surface area (Å²) in [6, 6.07) is 0.157. The first-order valence-corrected chi connectivity index (χ1v) is 7.58. The van der Waals surface area contributed by atoms with Gasteiger partial charge < -0.3 is 11.1 Å². The van der Waals surface area contributed by atoms with Crippen LogP contribution in [0, 0.1) is 5.92 Å². The van der Waals surface area contributed by atoms with E-state index >= 15 is 0 Å². The van der Waals surface area contributed by atoms with E-state index in [4.69, 9.17) is 5.73 Å². The number of carbonyl (C=O) groups excluding carboxylic acids is 1. The van der Waals surface area contributed by atoms with Crippen molar-refractivity contribution < 1.29 is 4.79 Å². The maximum atomic E-state index is 12.1. The van der Waals surface area contributed by atoms with Gasteiger partial charge in [0.2, 0.25) is 11.0 Å². The van der Waals surface area contributed by atoms with Crippen molar-refractivity contribution in [2.45, 2.75) is 57.9 Å². The van der Waals surface area contributed by atoms with Crippen molar-refractivity contribution >= 4 is 22.4 Å². The van der Waals surface area contributed by atoms with Gasteiger partial charge in [0.15, 0.2) is 0 Å². The standard InChI is InChI=1S/C13H22N4OS/c1-13(2,3)11-16-17-12(19-11)15-10(18)8-5-4-6-9(14)7-8/h8-9H,4-7,14H2,1-3H3,(H,15,17,18). The van der Waals surface area contributed by atoms with Crippen molar-refractivity contribution in [3.8, 4) is 0 Å². The predicted octanol–water partition coefficient (Wildman–Crippen LogP) is 2.29. The van der Waals surface area contributed by atoms with Crippen molar-refractivity contribution in [3.05, 3.63) is 5.01 Å². The molecule has 2 unspecified atom stereocenters. The van der Waals surface area contributed by atoms with Gasteiger partial charge in [-0.2, -0.15) is 0 Å². The zero-order valence-electron chi connectivity index (χ0n) is 11.8. The van der Waals surface area contributed by atoms with E-state index in [-0.39, 0.29) is 23.3 Å². The Morgan fingerprint density at radius 3 is 2.68 bits per heavy atom. The minimum absolute atomic E-state index is 0.0192. The van der Waals surface area contributed by atoms with Crippen LogP contribution in [0.5, 0.6) is 0 Å². The van der Waals surface area contributed by atoms with Crippen LogP contribution >= 0.6 is 11.3 Å². The first-order valence-electron chi connectivity index (χ1n) is 6.76. The molecule has 1 aliphatic rings. The fourth-order valence-corrected chi connectivity index (χ4v) is 3.05. The highest BCUT2D eigenvalue weighted by atomic mass is 32.1. The van der Waals surface area contributed by atoms with Gasteiger partial charge in [-0.05, 0) is 19.3 Å². The van der Waals surface area contributed by atoms with Crippen molar-refractivity contribution in [2.75, 3.05) is 5.32 Å². The SMILES string of the molecule is CC(C)(C)c1nnc(NC(=O)C2CCCC(N)C2)s1. The molecule has 1 heterocycles. The lowest BCUT2D eigenvalue weighted by Gasteiger charge is -2.25. The van der Waals surface area contributed by atoms with Crippen LogP contribution in [0.25, 0.3) is 0 Å². The van der Waals surface area contributed by atoms with E-state index in [1.165, 1.54) is 11.3 Å². The first-order chi connectivity index (χ1) is 8.86. The molecule has 106 valence electrons. The zero-order valence-corrected chi connectivity index (χ0v) is 12.6. The van der Waals surface area contributed by atoms with Crippen LogP contribution in [0.2, 0.25) is 0 Å². The molecule has 0 saturated heterocycles. The van der Waals surface area contributed by atoms with Gasteiger partial charge in [-0.25, -0.2) is 0 Å². The van der Waals surface area contributed by atoms with Gasteiger partial charge in [-0.15, -0.1) is 10.2 Å². The number of nitrogens with two attached hydrogens (primary N) is 1. The molecule has 0 radical (unpaired) electrons. The molecule has 1 amide bonds. The zero-order chi connectivity index (χ0) is 14.0. The van der Waals surface area contributed by atoms with E-state index in [1.54, 1.807) is 0 Å². The van der Waals surface area contributed by atoms with Crippen LogP contribution in [-0.4, -0.2) is 22.1 Å². The molecular weight excluding hydrogens is 260 g/mol. The number of aromatic nitrogens is 2. The summed E-state index contributed by atoms with van der Waals surface area (Å²) in [6.45, 7) is 6.25. The molecule has 0 spiro atoms. The van der Waals surface area contributed by atoms with Crippen molar-refractivity contribution in [2.24, 2.45) is 11.7 Å². The molecule has 3 N–H and O–H groups in total. The highest BCUT2D eigenvalue weighted by Crippen LogP contribution is 2.29. The Bertz CT molecular complexity index is 452. The lowest BCUT2D eigenvalue weighted by atomic mass is 9.86. The summed E-state index contributed by atoms with van der Waals surface area (Å²) in [5.74, 6) is 0.0532. The molecule has 5 nitrogen and oxygen atoms in total. The molecule has 0 bridgehead atoms. The monoisotopic (exact) mass is 282 g/mol. The van der Waals surface area contributed by atoms with Gasteiger partial charge in [-0.3, -0.25) is 4.79 Å². The molecule has 6 heteroatoms. The van der Waals surface area contributed by atoms with Crippen molar-refractivity contribution in [1.82, 2.24) is 10.2 Å². The number of rotatable bonds is 2. The second-order valence-corrected chi connectivity index (χ2v) is 7.25. The van der Waals surface area contributed by atoms with Crippen molar-refractivity contribution in [1.29, 1.82) is 0 Å². The Morgan fingerprint density at radius 1 is 1.37 bits per heavy atom. The van der Waals surface area contributed by atoms with Crippen LogP contribution in [0.3, 0.4) is 0 Å². The summed E-state index contributed by atoms with van der Waals surface area (Å²) >= 11 is 1.45. The summed E-state index contributed by atoms with van der Waals surface area (Å²) in [5.41, 5.74) is 5.88. The largest absolute Gasteiger partial charge is 0.328 e. The minimum atomic E-state index is -0.0339.